The van der Waals surface area contributed by atoms with Gasteiger partial charge < -0.3 is 4.52 Å². The van der Waals surface area contributed by atoms with Crippen LogP contribution in [0.4, 0.5) is 4.39 Å². The minimum Gasteiger partial charge on any atom is -0.423 e. The first-order valence-electron chi connectivity index (χ1n) is 8.39. The smallest absolute Gasteiger partial charge is 0.379 e. The topological polar surface area (TPSA) is 35.5 Å². The van der Waals surface area contributed by atoms with Crippen LogP contribution < -0.4 is 4.52 Å². The maximum Gasteiger partial charge on any atom is 0.379 e. The highest BCUT2D eigenvalue weighted by Crippen LogP contribution is 2.50. The van der Waals surface area contributed by atoms with E-state index in [2.05, 4.69) is 22.9 Å². The molecule has 23 heavy (non-hydrogen) atoms. The lowest BCUT2D eigenvalue weighted by atomic mass is 10.2. The average Bonchev–Trinajstić information content (AvgIpc) is 2.52. The van der Waals surface area contributed by atoms with Gasteiger partial charge >= 0.3 is 7.60 Å². The van der Waals surface area contributed by atoms with Gasteiger partial charge in [0.05, 0.1) is 17.2 Å². The number of halogens is 2. The molecule has 1 rings (SSSR count). The van der Waals surface area contributed by atoms with E-state index in [9.17, 15) is 8.96 Å². The summed E-state index contributed by atoms with van der Waals surface area (Å²) in [6, 6.07) is 4.06. The molecule has 0 heterocycles. The van der Waals surface area contributed by atoms with Crippen LogP contribution >= 0.6 is 23.5 Å². The molecule has 0 aliphatic carbocycles. The lowest BCUT2D eigenvalue weighted by Gasteiger charge is -2.20. The summed E-state index contributed by atoms with van der Waals surface area (Å²) in [5.74, 6) is -0.0127. The van der Waals surface area contributed by atoms with Gasteiger partial charge in [0, 0.05) is 0 Å². The Kier molecular flexibility index (Phi) is 10.1. The van der Waals surface area contributed by atoms with E-state index in [1.54, 1.807) is 0 Å². The van der Waals surface area contributed by atoms with E-state index in [1.807, 2.05) is 6.92 Å². The fourth-order valence-corrected chi connectivity index (χ4v) is 4.50. The van der Waals surface area contributed by atoms with E-state index in [4.69, 9.17) is 9.05 Å². The molecule has 0 bridgehead atoms. The number of hydrogen-bond donors (Lipinski definition) is 0. The van der Waals surface area contributed by atoms with Crippen molar-refractivity contribution in [2.24, 2.45) is 0 Å². The molecule has 3 nitrogen and oxygen atoms in total. The molecule has 1 atom stereocenters. The van der Waals surface area contributed by atoms with Crippen LogP contribution in [0.3, 0.4) is 0 Å². The Balaban J connectivity index is 2.60. The Morgan fingerprint density at radius 2 is 1.78 bits per heavy atom. The summed E-state index contributed by atoms with van der Waals surface area (Å²) in [7, 11) is -3.21. The van der Waals surface area contributed by atoms with Gasteiger partial charge in [0.15, 0.2) is 0 Å². The van der Waals surface area contributed by atoms with E-state index in [0.717, 1.165) is 25.7 Å². The number of unbranched alkanes of at least 4 members (excludes halogenated alkanes) is 5. The predicted molar refractivity (Wildman–Crippen MR) is 96.8 cm³/mol. The third-order valence-corrected chi connectivity index (χ3v) is 5.99. The molecule has 132 valence electrons. The van der Waals surface area contributed by atoms with Gasteiger partial charge in [-0.1, -0.05) is 46.0 Å². The van der Waals surface area contributed by atoms with Crippen molar-refractivity contribution in [1.29, 1.82) is 0 Å². The van der Waals surface area contributed by atoms with Gasteiger partial charge in [-0.2, -0.15) is 0 Å². The average molecular weight is 409 g/mol. The van der Waals surface area contributed by atoms with E-state index >= 15 is 0 Å². The van der Waals surface area contributed by atoms with Crippen LogP contribution in [0.25, 0.3) is 0 Å². The van der Waals surface area contributed by atoms with Crippen LogP contribution in [0.2, 0.25) is 0 Å². The van der Waals surface area contributed by atoms with Crippen LogP contribution in [0.15, 0.2) is 22.7 Å². The largest absolute Gasteiger partial charge is 0.423 e. The second-order valence-electron chi connectivity index (χ2n) is 5.60. The summed E-state index contributed by atoms with van der Waals surface area (Å²) < 4.78 is 37.8. The molecule has 1 aromatic carbocycles. The van der Waals surface area contributed by atoms with Crippen molar-refractivity contribution in [2.75, 3.05) is 12.8 Å². The van der Waals surface area contributed by atoms with Gasteiger partial charge in [-0.05, 0) is 47.0 Å². The second-order valence-corrected chi connectivity index (χ2v) is 8.57. The van der Waals surface area contributed by atoms with Crippen LogP contribution in [-0.4, -0.2) is 12.8 Å². The molecule has 0 aliphatic heterocycles. The van der Waals surface area contributed by atoms with E-state index < -0.39 is 7.60 Å². The molecular weight excluding hydrogens is 382 g/mol. The van der Waals surface area contributed by atoms with Crippen molar-refractivity contribution < 1.29 is 18.0 Å². The minimum atomic E-state index is -3.21. The molecule has 1 aromatic rings. The van der Waals surface area contributed by atoms with E-state index in [-0.39, 0.29) is 5.82 Å². The van der Waals surface area contributed by atoms with Crippen LogP contribution in [-0.2, 0) is 9.09 Å². The molecule has 0 saturated carbocycles. The summed E-state index contributed by atoms with van der Waals surface area (Å²) in [5, 5.41) is 0. The molecule has 0 fully saturated rings. The molecule has 0 amide bonds. The zero-order valence-electron chi connectivity index (χ0n) is 14.0. The SMILES string of the molecule is CCCCCCCOP(=O)(CCCC)Oc1ccc(F)cc1Br. The standard InChI is InChI=1S/C17H27BrFO3P/c1-3-5-7-8-9-12-21-23(20,13-6-4-2)22-17-11-10-15(19)14-16(17)18/h10-11,14H,3-9,12-13H2,1-2H3. The Morgan fingerprint density at radius 1 is 1.09 bits per heavy atom. The molecule has 0 saturated heterocycles. The zero-order chi connectivity index (χ0) is 17.1. The zero-order valence-corrected chi connectivity index (χ0v) is 16.5. The third-order valence-electron chi connectivity index (χ3n) is 3.45. The molecule has 1 unspecified atom stereocenters. The van der Waals surface area contributed by atoms with Gasteiger partial charge in [0.1, 0.15) is 11.6 Å². The van der Waals surface area contributed by atoms with Gasteiger partial charge in [-0.15, -0.1) is 0 Å². The van der Waals surface area contributed by atoms with Crippen molar-refractivity contribution >= 4 is 23.5 Å². The molecule has 0 aliphatic rings. The first-order valence-corrected chi connectivity index (χ1v) is 10.9. The van der Waals surface area contributed by atoms with Crippen LogP contribution in [0, 0.1) is 5.82 Å². The molecule has 0 spiro atoms. The number of hydrogen-bond acceptors (Lipinski definition) is 3. The van der Waals surface area contributed by atoms with Crippen molar-refractivity contribution in [3.63, 3.8) is 0 Å². The first-order chi connectivity index (χ1) is 11.0. The van der Waals surface area contributed by atoms with Crippen molar-refractivity contribution in [1.82, 2.24) is 0 Å². The fraction of sp³-hybridized carbons (Fsp3) is 0.647. The first kappa shape index (κ1) is 20.7. The van der Waals surface area contributed by atoms with Crippen molar-refractivity contribution in [2.45, 2.75) is 58.8 Å². The summed E-state index contributed by atoms with van der Waals surface area (Å²) in [5.41, 5.74) is 0. The quantitative estimate of drug-likeness (QED) is 0.277. The van der Waals surface area contributed by atoms with E-state index in [0.29, 0.717) is 23.0 Å². The molecule has 6 heteroatoms. The summed E-state index contributed by atoms with van der Waals surface area (Å²) >= 11 is 3.24. The third kappa shape index (κ3) is 8.32. The highest BCUT2D eigenvalue weighted by Gasteiger charge is 2.26. The number of benzene rings is 1. The van der Waals surface area contributed by atoms with E-state index in [1.165, 1.54) is 37.5 Å². The van der Waals surface area contributed by atoms with Gasteiger partial charge in [0.25, 0.3) is 0 Å². The highest BCUT2D eigenvalue weighted by molar-refractivity contribution is 9.10. The predicted octanol–water partition coefficient (Wildman–Crippen LogP) is 6.95. The molecular formula is C17H27BrFO3P. The summed E-state index contributed by atoms with van der Waals surface area (Å²) in [4.78, 5) is 0. The Labute approximate surface area is 147 Å². The van der Waals surface area contributed by atoms with Gasteiger partial charge in [-0.25, -0.2) is 8.96 Å². The molecule has 0 radical (unpaired) electrons. The lowest BCUT2D eigenvalue weighted by Crippen LogP contribution is -2.04. The minimum absolute atomic E-state index is 0.358. The second kappa shape index (κ2) is 11.2. The van der Waals surface area contributed by atoms with Crippen molar-refractivity contribution in [3.8, 4) is 5.75 Å². The van der Waals surface area contributed by atoms with Gasteiger partial charge in [-0.3, -0.25) is 4.52 Å². The lowest BCUT2D eigenvalue weighted by molar-refractivity contribution is 0.256. The fourth-order valence-electron chi connectivity index (χ4n) is 2.10. The maximum atomic E-state index is 13.1. The van der Waals surface area contributed by atoms with Crippen LogP contribution in [0.5, 0.6) is 5.75 Å². The highest BCUT2D eigenvalue weighted by atomic mass is 79.9. The Morgan fingerprint density at radius 3 is 2.43 bits per heavy atom. The summed E-state index contributed by atoms with van der Waals surface area (Å²) in [6.07, 6.45) is 7.59. The van der Waals surface area contributed by atoms with Crippen molar-refractivity contribution in [3.05, 3.63) is 28.5 Å². The maximum absolute atomic E-state index is 13.1. The molecule has 0 N–H and O–H groups in total. The monoisotopic (exact) mass is 408 g/mol. The molecule has 0 aromatic heterocycles. The summed E-state index contributed by atoms with van der Waals surface area (Å²) in [6.45, 7) is 4.64. The Bertz CT molecular complexity index is 511. The van der Waals surface area contributed by atoms with Gasteiger partial charge in [0.2, 0.25) is 0 Å². The number of rotatable bonds is 12. The normalized spacial score (nSPS) is 13.7. The van der Waals surface area contributed by atoms with Crippen LogP contribution in [0.1, 0.15) is 58.8 Å². The Hall–Kier alpha value is -0.380.